The second-order valence-corrected chi connectivity index (χ2v) is 10.9. The molecule has 0 radical (unpaired) electrons. The molecule has 29 heavy (non-hydrogen) atoms. The van der Waals surface area contributed by atoms with Crippen LogP contribution in [0.2, 0.25) is 0 Å². The van der Waals surface area contributed by atoms with Crippen molar-refractivity contribution in [3.8, 4) is 6.07 Å². The second kappa shape index (κ2) is 13.5. The monoisotopic (exact) mass is 416 g/mol. The highest BCUT2D eigenvalue weighted by molar-refractivity contribution is 5.73. The van der Waals surface area contributed by atoms with Crippen LogP contribution in [0, 0.1) is 27.6 Å². The molecule has 0 aromatic rings. The summed E-state index contributed by atoms with van der Waals surface area (Å²) in [4.78, 5) is 20.5. The minimum Gasteiger partial charge on any atom is -0.480 e. The molecule has 0 heterocycles. The molecule has 172 valence electrons. The van der Waals surface area contributed by atoms with Crippen LogP contribution in [-0.2, 0) is 9.59 Å². The number of hydrogen-bond acceptors (Lipinski definition) is 6. The molecule has 0 aromatic carbocycles. The molecule has 8 heteroatoms. The van der Waals surface area contributed by atoms with Gasteiger partial charge in [-0.25, -0.2) is 0 Å². The van der Waals surface area contributed by atoms with Gasteiger partial charge in [-0.15, -0.1) is 0 Å². The highest BCUT2D eigenvalue weighted by Crippen LogP contribution is 2.20. The van der Waals surface area contributed by atoms with Gasteiger partial charge in [0.1, 0.15) is 12.1 Å². The van der Waals surface area contributed by atoms with Crippen molar-refractivity contribution >= 4 is 11.9 Å². The van der Waals surface area contributed by atoms with E-state index in [1.807, 2.05) is 47.6 Å². The number of rotatable bonds is 5. The van der Waals surface area contributed by atoms with E-state index in [2.05, 4.69) is 20.8 Å². The van der Waals surface area contributed by atoms with Gasteiger partial charge in [-0.3, -0.25) is 9.59 Å². The predicted molar refractivity (Wildman–Crippen MR) is 117 cm³/mol. The summed E-state index contributed by atoms with van der Waals surface area (Å²) in [6.45, 7) is 18.0. The summed E-state index contributed by atoms with van der Waals surface area (Å²) in [5.74, 6) is -1.84. The molecule has 0 spiro atoms. The van der Waals surface area contributed by atoms with E-state index in [1.165, 1.54) is 0 Å². The Morgan fingerprint density at radius 2 is 0.966 bits per heavy atom. The van der Waals surface area contributed by atoms with Crippen LogP contribution in [0.25, 0.3) is 0 Å². The third-order valence-electron chi connectivity index (χ3n) is 3.30. The molecule has 0 bridgehead atoms. The Labute approximate surface area is 176 Å². The molecule has 0 aliphatic carbocycles. The quantitative estimate of drug-likeness (QED) is 0.454. The van der Waals surface area contributed by atoms with E-state index in [9.17, 15) is 9.59 Å². The summed E-state index contributed by atoms with van der Waals surface area (Å²) in [7, 11) is 0. The molecule has 0 aliphatic rings. The van der Waals surface area contributed by atoms with Crippen molar-refractivity contribution in [3.63, 3.8) is 0 Å². The van der Waals surface area contributed by atoms with E-state index >= 15 is 0 Å². The lowest BCUT2D eigenvalue weighted by molar-refractivity contribution is -0.140. The van der Waals surface area contributed by atoms with Crippen LogP contribution < -0.4 is 17.2 Å². The first-order valence-corrected chi connectivity index (χ1v) is 9.73. The lowest BCUT2D eigenvalue weighted by Crippen LogP contribution is -2.34. The summed E-state index contributed by atoms with van der Waals surface area (Å²) in [5.41, 5.74) is 16.2. The third-order valence-corrected chi connectivity index (χ3v) is 3.30. The van der Waals surface area contributed by atoms with E-state index in [-0.39, 0.29) is 22.3 Å². The maximum absolute atomic E-state index is 10.3. The van der Waals surface area contributed by atoms with Crippen molar-refractivity contribution in [2.75, 3.05) is 0 Å². The van der Waals surface area contributed by atoms with Gasteiger partial charge in [-0.2, -0.15) is 5.26 Å². The number of carboxylic acid groups (broad SMARTS) is 2. The van der Waals surface area contributed by atoms with Crippen LogP contribution in [0.5, 0.6) is 0 Å². The topological polar surface area (TPSA) is 176 Å². The Morgan fingerprint density at radius 1 is 0.724 bits per heavy atom. The van der Waals surface area contributed by atoms with Crippen LogP contribution in [0.3, 0.4) is 0 Å². The lowest BCUT2D eigenvalue weighted by atomic mass is 9.88. The molecule has 0 saturated carbocycles. The van der Waals surface area contributed by atoms with Gasteiger partial charge in [0.25, 0.3) is 0 Å². The minimum atomic E-state index is -0.921. The minimum absolute atomic E-state index is 0.00218. The molecule has 0 fully saturated rings. The van der Waals surface area contributed by atoms with Gasteiger partial charge >= 0.3 is 11.9 Å². The fourth-order valence-electron chi connectivity index (χ4n) is 2.20. The molecule has 8 nitrogen and oxygen atoms in total. The highest BCUT2D eigenvalue weighted by Gasteiger charge is 2.21. The van der Waals surface area contributed by atoms with Crippen LogP contribution in [0.1, 0.15) is 81.6 Å². The van der Waals surface area contributed by atoms with E-state index in [1.54, 1.807) is 0 Å². The standard InChI is InChI=1S/C7H14N2.2C7H15NO2/c1-7(2,3)4-6(9)5-8;2*1-7(2,3)4-5(8)6(9)10/h6H,4,9H2,1-3H3;2*5H,4,8H2,1-3H3,(H,9,10)/t;2*5-/m.00/s1. The highest BCUT2D eigenvalue weighted by atomic mass is 16.4. The van der Waals surface area contributed by atoms with Gasteiger partial charge in [0, 0.05) is 0 Å². The van der Waals surface area contributed by atoms with Gasteiger partial charge in [0.15, 0.2) is 0 Å². The Bertz CT molecular complexity index is 491. The number of nitriles is 1. The maximum Gasteiger partial charge on any atom is 0.320 e. The van der Waals surface area contributed by atoms with Gasteiger partial charge < -0.3 is 27.4 Å². The molecule has 0 aliphatic heterocycles. The SMILES string of the molecule is CC(C)(C)CC(N)C#N.CC(C)(C)C[C@H](N)C(=O)O.CC(C)(C)C[C@H](N)C(=O)O. The van der Waals surface area contributed by atoms with Crippen LogP contribution in [-0.4, -0.2) is 40.3 Å². The average Bonchev–Trinajstić information content (AvgIpc) is 2.43. The van der Waals surface area contributed by atoms with Gasteiger partial charge in [-0.1, -0.05) is 62.3 Å². The first-order chi connectivity index (χ1) is 12.6. The van der Waals surface area contributed by atoms with Crippen molar-refractivity contribution < 1.29 is 19.8 Å². The maximum atomic E-state index is 10.3. The summed E-state index contributed by atoms with van der Waals surface area (Å²) in [6, 6.07) is 0.254. The van der Waals surface area contributed by atoms with Crippen LogP contribution >= 0.6 is 0 Å². The summed E-state index contributed by atoms with van der Waals surface area (Å²) >= 11 is 0. The van der Waals surface area contributed by atoms with Crippen molar-refractivity contribution in [2.45, 2.75) is 99.7 Å². The van der Waals surface area contributed by atoms with E-state index in [4.69, 9.17) is 32.7 Å². The number of aliphatic carboxylic acids is 2. The number of hydrogen-bond donors (Lipinski definition) is 5. The van der Waals surface area contributed by atoms with Crippen molar-refractivity contribution in [1.82, 2.24) is 0 Å². The first kappa shape index (κ1) is 32.0. The Kier molecular flexibility index (Phi) is 14.9. The summed E-state index contributed by atoms with van der Waals surface area (Å²) in [6.07, 6.45) is 1.80. The average molecular weight is 417 g/mol. The zero-order valence-corrected chi connectivity index (χ0v) is 19.7. The number of carboxylic acids is 2. The summed E-state index contributed by atoms with van der Waals surface area (Å²) in [5, 5.41) is 25.2. The third kappa shape index (κ3) is 28.6. The van der Waals surface area contributed by atoms with Crippen LogP contribution in [0.15, 0.2) is 0 Å². The summed E-state index contributed by atoms with van der Waals surface area (Å²) < 4.78 is 0. The molecule has 0 aromatic heterocycles. The Morgan fingerprint density at radius 3 is 1.03 bits per heavy atom. The van der Waals surface area contributed by atoms with Crippen molar-refractivity contribution in [3.05, 3.63) is 0 Å². The van der Waals surface area contributed by atoms with Gasteiger partial charge in [-0.05, 0) is 35.5 Å². The lowest BCUT2D eigenvalue weighted by Gasteiger charge is -2.20. The molecule has 0 amide bonds. The van der Waals surface area contributed by atoms with Crippen molar-refractivity contribution in [2.24, 2.45) is 33.4 Å². The smallest absolute Gasteiger partial charge is 0.320 e. The molecule has 0 rings (SSSR count). The largest absolute Gasteiger partial charge is 0.480 e. The fourth-order valence-corrected chi connectivity index (χ4v) is 2.20. The number of nitrogens with zero attached hydrogens (tertiary/aromatic N) is 1. The Balaban J connectivity index is -0.000000350. The van der Waals surface area contributed by atoms with Gasteiger partial charge in [0.05, 0.1) is 12.1 Å². The van der Waals surface area contributed by atoms with Crippen molar-refractivity contribution in [1.29, 1.82) is 5.26 Å². The molecular formula is C21H44N4O4. The number of carbonyl (C=O) groups is 2. The molecule has 3 atom stereocenters. The van der Waals surface area contributed by atoms with Crippen LogP contribution in [0.4, 0.5) is 0 Å². The zero-order valence-electron chi connectivity index (χ0n) is 19.7. The van der Waals surface area contributed by atoms with Gasteiger partial charge in [0.2, 0.25) is 0 Å². The number of nitrogens with two attached hydrogens (primary N) is 3. The Hall–Kier alpha value is -1.69. The van der Waals surface area contributed by atoms with E-state index < -0.39 is 24.0 Å². The first-order valence-electron chi connectivity index (χ1n) is 9.73. The van der Waals surface area contributed by atoms with E-state index in [0.29, 0.717) is 12.8 Å². The van der Waals surface area contributed by atoms with E-state index in [0.717, 1.165) is 6.42 Å². The molecule has 1 unspecified atom stereocenters. The zero-order chi connectivity index (χ0) is 24.2. The molecular weight excluding hydrogens is 372 g/mol. The second-order valence-electron chi connectivity index (χ2n) is 10.9. The normalized spacial score (nSPS) is 14.7. The molecule has 8 N–H and O–H groups in total. The predicted octanol–water partition coefficient (Wildman–Crippen LogP) is 2.94. The fraction of sp³-hybridized carbons (Fsp3) is 0.857. The molecule has 0 saturated heterocycles.